The Morgan fingerprint density at radius 2 is 1.80 bits per heavy atom. The van der Waals surface area contributed by atoms with Crippen molar-refractivity contribution in [2.75, 3.05) is 6.54 Å². The van der Waals surface area contributed by atoms with Gasteiger partial charge in [0.15, 0.2) is 5.78 Å². The van der Waals surface area contributed by atoms with Crippen LogP contribution in [0.2, 0.25) is 0 Å². The Hall–Kier alpha value is -1.15. The number of hydrogen-bond acceptors (Lipinski definition) is 2. The van der Waals surface area contributed by atoms with E-state index in [4.69, 9.17) is 0 Å². The van der Waals surface area contributed by atoms with Crippen LogP contribution in [0.25, 0.3) is 0 Å². The van der Waals surface area contributed by atoms with Crippen LogP contribution < -0.4 is 0 Å². The summed E-state index contributed by atoms with van der Waals surface area (Å²) in [4.78, 5) is 15.0. The normalized spacial score (nSPS) is 26.5. The second kappa shape index (κ2) is 5.69. The molecule has 1 aromatic carbocycles. The molecule has 1 saturated heterocycles. The summed E-state index contributed by atoms with van der Waals surface area (Å²) in [6, 6.07) is 7.42. The number of benzene rings is 1. The minimum atomic E-state index is 0.292. The SMILES string of the molecule is C[C@@H]1CCC[C@H](C)N1CC(=O)c1ccc2c(c1)CCC2. The molecule has 0 bridgehead atoms. The molecule has 1 aromatic rings. The Labute approximate surface area is 122 Å². The Kier molecular flexibility index (Phi) is 3.93. The molecule has 2 atom stereocenters. The van der Waals surface area contributed by atoms with Gasteiger partial charge in [0.1, 0.15) is 0 Å². The van der Waals surface area contributed by atoms with Gasteiger partial charge in [-0.15, -0.1) is 0 Å². The van der Waals surface area contributed by atoms with Crippen LogP contribution in [0.5, 0.6) is 0 Å². The number of ketones is 1. The van der Waals surface area contributed by atoms with Crippen molar-refractivity contribution in [1.82, 2.24) is 4.90 Å². The van der Waals surface area contributed by atoms with Crippen molar-refractivity contribution in [3.05, 3.63) is 34.9 Å². The van der Waals surface area contributed by atoms with E-state index >= 15 is 0 Å². The fourth-order valence-electron chi connectivity index (χ4n) is 3.79. The average Bonchev–Trinajstić information content (AvgIpc) is 2.90. The third kappa shape index (κ3) is 2.67. The highest BCUT2D eigenvalue weighted by Gasteiger charge is 2.27. The van der Waals surface area contributed by atoms with Crippen LogP contribution in [-0.2, 0) is 12.8 Å². The van der Waals surface area contributed by atoms with Crippen molar-refractivity contribution in [1.29, 1.82) is 0 Å². The third-order valence-corrected chi connectivity index (χ3v) is 5.12. The number of nitrogens with zero attached hydrogens (tertiary/aromatic N) is 1. The Morgan fingerprint density at radius 3 is 2.55 bits per heavy atom. The van der Waals surface area contributed by atoms with Gasteiger partial charge in [0.05, 0.1) is 6.54 Å². The van der Waals surface area contributed by atoms with E-state index in [1.54, 1.807) is 0 Å². The Bertz CT molecular complexity index is 498. The second-order valence-corrected chi connectivity index (χ2v) is 6.56. The quantitative estimate of drug-likeness (QED) is 0.783. The van der Waals surface area contributed by atoms with Crippen molar-refractivity contribution < 1.29 is 4.79 Å². The molecule has 0 spiro atoms. The minimum absolute atomic E-state index is 0.292. The summed E-state index contributed by atoms with van der Waals surface area (Å²) in [5.74, 6) is 0.292. The van der Waals surface area contributed by atoms with Gasteiger partial charge in [-0.25, -0.2) is 0 Å². The molecule has 0 saturated carbocycles. The smallest absolute Gasteiger partial charge is 0.176 e. The van der Waals surface area contributed by atoms with Gasteiger partial charge >= 0.3 is 0 Å². The van der Waals surface area contributed by atoms with Crippen LogP contribution in [0, 0.1) is 0 Å². The van der Waals surface area contributed by atoms with Crippen LogP contribution in [0.3, 0.4) is 0 Å². The molecule has 108 valence electrons. The van der Waals surface area contributed by atoms with E-state index in [1.807, 2.05) is 6.07 Å². The summed E-state index contributed by atoms with van der Waals surface area (Å²) in [5.41, 5.74) is 3.76. The average molecular weight is 271 g/mol. The number of fused-ring (bicyclic) bond motifs is 1. The van der Waals surface area contributed by atoms with E-state index in [2.05, 4.69) is 30.9 Å². The highest BCUT2D eigenvalue weighted by molar-refractivity contribution is 5.98. The summed E-state index contributed by atoms with van der Waals surface area (Å²) >= 11 is 0. The van der Waals surface area contributed by atoms with Crippen LogP contribution >= 0.6 is 0 Å². The summed E-state index contributed by atoms with van der Waals surface area (Å²) in [6.45, 7) is 5.10. The fraction of sp³-hybridized carbons (Fsp3) is 0.611. The molecular formula is C18H25NO. The fourth-order valence-corrected chi connectivity index (χ4v) is 3.79. The molecule has 0 amide bonds. The maximum atomic E-state index is 12.6. The molecule has 1 heterocycles. The first-order valence-corrected chi connectivity index (χ1v) is 8.06. The van der Waals surface area contributed by atoms with Gasteiger partial charge in [-0.3, -0.25) is 9.69 Å². The number of rotatable bonds is 3. The van der Waals surface area contributed by atoms with Gasteiger partial charge in [-0.05, 0) is 63.1 Å². The van der Waals surface area contributed by atoms with Crippen molar-refractivity contribution in [2.24, 2.45) is 0 Å². The van der Waals surface area contributed by atoms with Crippen LogP contribution in [-0.4, -0.2) is 29.3 Å². The van der Waals surface area contributed by atoms with E-state index in [1.165, 1.54) is 43.2 Å². The molecule has 1 aliphatic heterocycles. The van der Waals surface area contributed by atoms with Gasteiger partial charge < -0.3 is 0 Å². The molecule has 0 aromatic heterocycles. The molecule has 1 fully saturated rings. The van der Waals surface area contributed by atoms with E-state index in [0.717, 1.165) is 12.0 Å². The number of carbonyl (C=O) groups excluding carboxylic acids is 1. The van der Waals surface area contributed by atoms with Crippen molar-refractivity contribution in [3.8, 4) is 0 Å². The van der Waals surface area contributed by atoms with Crippen molar-refractivity contribution in [2.45, 2.75) is 64.5 Å². The first-order chi connectivity index (χ1) is 9.65. The molecule has 1 aliphatic carbocycles. The molecule has 2 nitrogen and oxygen atoms in total. The van der Waals surface area contributed by atoms with Crippen LogP contribution in [0.15, 0.2) is 18.2 Å². The summed E-state index contributed by atoms with van der Waals surface area (Å²) in [7, 11) is 0. The number of piperidine rings is 1. The lowest BCUT2D eigenvalue weighted by Gasteiger charge is -2.38. The molecule has 3 rings (SSSR count). The number of carbonyl (C=O) groups is 1. The predicted molar refractivity (Wildman–Crippen MR) is 82.3 cm³/mol. The Balaban J connectivity index is 1.72. The molecule has 0 N–H and O–H groups in total. The van der Waals surface area contributed by atoms with Gasteiger partial charge in [-0.2, -0.15) is 0 Å². The maximum absolute atomic E-state index is 12.6. The summed E-state index contributed by atoms with van der Waals surface area (Å²) < 4.78 is 0. The first-order valence-electron chi connectivity index (χ1n) is 8.06. The maximum Gasteiger partial charge on any atom is 0.176 e. The topological polar surface area (TPSA) is 20.3 Å². The van der Waals surface area contributed by atoms with Gasteiger partial charge in [-0.1, -0.05) is 18.6 Å². The minimum Gasteiger partial charge on any atom is -0.293 e. The van der Waals surface area contributed by atoms with E-state index < -0.39 is 0 Å². The Morgan fingerprint density at radius 1 is 1.10 bits per heavy atom. The first kappa shape index (κ1) is 13.8. The lowest BCUT2D eigenvalue weighted by Crippen LogP contribution is -2.46. The number of likely N-dealkylation sites (tertiary alicyclic amines) is 1. The monoisotopic (exact) mass is 271 g/mol. The van der Waals surface area contributed by atoms with Gasteiger partial charge in [0.25, 0.3) is 0 Å². The van der Waals surface area contributed by atoms with E-state index in [-0.39, 0.29) is 0 Å². The zero-order valence-electron chi connectivity index (χ0n) is 12.7. The highest BCUT2D eigenvalue weighted by atomic mass is 16.1. The number of Topliss-reactive ketones (excluding diaryl/α,β-unsaturated/α-hetero) is 1. The van der Waals surface area contributed by atoms with Crippen molar-refractivity contribution in [3.63, 3.8) is 0 Å². The number of hydrogen-bond donors (Lipinski definition) is 0. The van der Waals surface area contributed by atoms with Gasteiger partial charge in [0.2, 0.25) is 0 Å². The molecule has 2 heteroatoms. The number of aryl methyl sites for hydroxylation is 2. The lowest BCUT2D eigenvalue weighted by atomic mass is 9.96. The molecule has 0 unspecified atom stereocenters. The standard InChI is InChI=1S/C18H25NO/c1-13-5-3-6-14(2)19(13)12-18(20)17-10-9-15-7-4-8-16(15)11-17/h9-11,13-14H,3-8,12H2,1-2H3/t13-,14+. The van der Waals surface area contributed by atoms with Crippen LogP contribution in [0.4, 0.5) is 0 Å². The summed E-state index contributed by atoms with van der Waals surface area (Å²) in [5, 5.41) is 0. The molecule has 2 aliphatic rings. The second-order valence-electron chi connectivity index (χ2n) is 6.56. The zero-order chi connectivity index (χ0) is 14.1. The van der Waals surface area contributed by atoms with Crippen LogP contribution in [0.1, 0.15) is 61.0 Å². The van der Waals surface area contributed by atoms with Gasteiger partial charge in [0, 0.05) is 17.6 Å². The highest BCUT2D eigenvalue weighted by Crippen LogP contribution is 2.25. The van der Waals surface area contributed by atoms with Crippen molar-refractivity contribution >= 4 is 5.78 Å². The summed E-state index contributed by atoms with van der Waals surface area (Å²) in [6.07, 6.45) is 7.32. The molecule has 20 heavy (non-hydrogen) atoms. The largest absolute Gasteiger partial charge is 0.293 e. The molecular weight excluding hydrogens is 246 g/mol. The lowest BCUT2D eigenvalue weighted by molar-refractivity contribution is 0.0734. The van der Waals surface area contributed by atoms with E-state index in [0.29, 0.717) is 24.4 Å². The van der Waals surface area contributed by atoms with E-state index in [9.17, 15) is 4.79 Å². The third-order valence-electron chi connectivity index (χ3n) is 5.12. The zero-order valence-corrected chi connectivity index (χ0v) is 12.7. The predicted octanol–water partition coefficient (Wildman–Crippen LogP) is 3.62. The molecule has 0 radical (unpaired) electrons.